The number of ether oxygens (including phenoxy) is 3. The minimum Gasteiger partial charge on any atom is -0.462 e. The van der Waals surface area contributed by atoms with E-state index in [2.05, 4.69) is 11.5 Å². The van der Waals surface area contributed by atoms with Gasteiger partial charge in [-0.25, -0.2) is 4.79 Å². The van der Waals surface area contributed by atoms with Gasteiger partial charge in [-0.1, -0.05) is 6.58 Å². The van der Waals surface area contributed by atoms with Crippen LogP contribution in [0.4, 0.5) is 0 Å². The summed E-state index contributed by atoms with van der Waals surface area (Å²) < 4.78 is 15.4. The smallest absolute Gasteiger partial charge is 0.330 e. The topological polar surface area (TPSA) is 54.6 Å². The summed E-state index contributed by atoms with van der Waals surface area (Å²) in [4.78, 5) is 13.2. The molecule has 0 saturated carbocycles. The minimum atomic E-state index is -0.354. The number of carbonyl (C=O) groups excluding carboxylic acids is 1. The molecule has 5 heteroatoms. The van der Waals surface area contributed by atoms with Gasteiger partial charge in [0, 0.05) is 25.7 Å². The van der Waals surface area contributed by atoms with Gasteiger partial charge in [0.2, 0.25) is 0 Å². The number of carbonyl (C=O) groups is 1. The van der Waals surface area contributed by atoms with Crippen molar-refractivity contribution in [3.05, 3.63) is 12.7 Å². The van der Waals surface area contributed by atoms with Crippen LogP contribution in [-0.4, -0.2) is 62.5 Å². The van der Waals surface area contributed by atoms with Gasteiger partial charge in [0.1, 0.15) is 0 Å². The fourth-order valence-electron chi connectivity index (χ4n) is 1.70. The van der Waals surface area contributed by atoms with E-state index in [0.717, 1.165) is 39.3 Å². The number of epoxide rings is 2. The average molecular weight is 241 g/mol. The first-order chi connectivity index (χ1) is 8.28. The summed E-state index contributed by atoms with van der Waals surface area (Å²) >= 11 is 0. The van der Waals surface area contributed by atoms with Crippen molar-refractivity contribution in [2.75, 3.05) is 39.5 Å². The van der Waals surface area contributed by atoms with E-state index in [0.29, 0.717) is 18.8 Å². The molecule has 2 aliphatic rings. The second kappa shape index (κ2) is 6.14. The number of nitrogens with zero attached hydrogens (tertiary/aromatic N) is 1. The lowest BCUT2D eigenvalue weighted by Crippen LogP contribution is -2.33. The van der Waals surface area contributed by atoms with Crippen LogP contribution in [0.5, 0.6) is 0 Å². The van der Waals surface area contributed by atoms with E-state index in [1.807, 2.05) is 0 Å². The van der Waals surface area contributed by atoms with Crippen molar-refractivity contribution in [1.82, 2.24) is 4.90 Å². The van der Waals surface area contributed by atoms with Crippen LogP contribution in [-0.2, 0) is 19.0 Å². The van der Waals surface area contributed by atoms with Crippen molar-refractivity contribution in [3.8, 4) is 0 Å². The Morgan fingerprint density at radius 1 is 1.35 bits per heavy atom. The van der Waals surface area contributed by atoms with Gasteiger partial charge in [0.15, 0.2) is 0 Å². The van der Waals surface area contributed by atoms with Crippen LogP contribution in [0.1, 0.15) is 6.42 Å². The van der Waals surface area contributed by atoms with Crippen LogP contribution in [0, 0.1) is 0 Å². The Labute approximate surface area is 101 Å². The monoisotopic (exact) mass is 241 g/mol. The number of hydrogen-bond acceptors (Lipinski definition) is 5. The molecule has 0 radical (unpaired) electrons. The third-order valence-corrected chi connectivity index (χ3v) is 2.76. The fourth-order valence-corrected chi connectivity index (χ4v) is 1.70. The van der Waals surface area contributed by atoms with Crippen molar-refractivity contribution >= 4 is 5.97 Å². The van der Waals surface area contributed by atoms with Crippen molar-refractivity contribution < 1.29 is 19.0 Å². The lowest BCUT2D eigenvalue weighted by atomic mass is 10.3. The third-order valence-electron chi connectivity index (χ3n) is 2.76. The fraction of sp³-hybridized carbons (Fsp3) is 0.750. The Balaban J connectivity index is 1.58. The molecule has 0 aliphatic carbocycles. The minimum absolute atomic E-state index is 0.354. The molecule has 96 valence electrons. The van der Waals surface area contributed by atoms with Crippen molar-refractivity contribution in [3.63, 3.8) is 0 Å². The van der Waals surface area contributed by atoms with E-state index in [1.165, 1.54) is 6.08 Å². The Morgan fingerprint density at radius 2 is 1.94 bits per heavy atom. The SMILES string of the molecule is C=CC(=O)OCCCN(CC1CO1)CC1CO1. The average Bonchev–Trinajstić information content (AvgIpc) is 3.19. The van der Waals surface area contributed by atoms with E-state index >= 15 is 0 Å². The van der Waals surface area contributed by atoms with Gasteiger partial charge >= 0.3 is 5.97 Å². The highest BCUT2D eigenvalue weighted by atomic mass is 16.6. The molecule has 0 bridgehead atoms. The highest BCUT2D eigenvalue weighted by Crippen LogP contribution is 2.15. The molecule has 2 fully saturated rings. The van der Waals surface area contributed by atoms with Crippen LogP contribution in [0.25, 0.3) is 0 Å². The maximum absolute atomic E-state index is 10.8. The molecule has 0 aromatic heterocycles. The molecule has 0 aromatic carbocycles. The zero-order chi connectivity index (χ0) is 12.1. The summed E-state index contributed by atoms with van der Waals surface area (Å²) in [6.07, 6.45) is 2.81. The van der Waals surface area contributed by atoms with E-state index in [9.17, 15) is 4.79 Å². The summed E-state index contributed by atoms with van der Waals surface area (Å²) in [5, 5.41) is 0. The Kier molecular flexibility index (Phi) is 4.53. The van der Waals surface area contributed by atoms with Gasteiger partial charge in [-0.15, -0.1) is 0 Å². The van der Waals surface area contributed by atoms with Crippen LogP contribution in [0.15, 0.2) is 12.7 Å². The molecular weight excluding hydrogens is 222 g/mol. The molecule has 2 aliphatic heterocycles. The number of rotatable bonds is 9. The van der Waals surface area contributed by atoms with Crippen molar-refractivity contribution in [1.29, 1.82) is 0 Å². The van der Waals surface area contributed by atoms with Gasteiger partial charge < -0.3 is 14.2 Å². The van der Waals surface area contributed by atoms with Gasteiger partial charge in [0.25, 0.3) is 0 Å². The third kappa shape index (κ3) is 5.30. The van der Waals surface area contributed by atoms with E-state index < -0.39 is 0 Å². The molecule has 0 spiro atoms. The largest absolute Gasteiger partial charge is 0.462 e. The highest BCUT2D eigenvalue weighted by molar-refractivity contribution is 5.81. The number of hydrogen-bond donors (Lipinski definition) is 0. The molecule has 2 heterocycles. The highest BCUT2D eigenvalue weighted by Gasteiger charge is 2.30. The van der Waals surface area contributed by atoms with Crippen LogP contribution in [0.3, 0.4) is 0 Å². The zero-order valence-corrected chi connectivity index (χ0v) is 9.97. The molecule has 0 N–H and O–H groups in total. The predicted octanol–water partition coefficient (Wildman–Crippen LogP) is 0.205. The second-order valence-corrected chi connectivity index (χ2v) is 4.40. The first kappa shape index (κ1) is 12.5. The summed E-state index contributed by atoms with van der Waals surface area (Å²) in [7, 11) is 0. The standard InChI is InChI=1S/C12H19NO4/c1-2-12(14)15-5-3-4-13(6-10-8-16-10)7-11-9-17-11/h2,10-11H,1,3-9H2. The summed E-state index contributed by atoms with van der Waals surface area (Å²) in [5.41, 5.74) is 0. The molecule has 17 heavy (non-hydrogen) atoms. The lowest BCUT2D eigenvalue weighted by Gasteiger charge is -2.20. The Hall–Kier alpha value is -0.910. The van der Waals surface area contributed by atoms with Crippen molar-refractivity contribution in [2.45, 2.75) is 18.6 Å². The van der Waals surface area contributed by atoms with E-state index in [1.54, 1.807) is 0 Å². The molecule has 2 atom stereocenters. The Morgan fingerprint density at radius 3 is 2.41 bits per heavy atom. The quantitative estimate of drug-likeness (QED) is 0.250. The molecule has 0 amide bonds. The summed E-state index contributed by atoms with van der Waals surface area (Å²) in [6, 6.07) is 0. The van der Waals surface area contributed by atoms with Gasteiger partial charge in [-0.3, -0.25) is 4.90 Å². The zero-order valence-electron chi connectivity index (χ0n) is 9.97. The maximum atomic E-state index is 10.8. The molecule has 2 rings (SSSR count). The van der Waals surface area contributed by atoms with Crippen LogP contribution >= 0.6 is 0 Å². The van der Waals surface area contributed by atoms with Gasteiger partial charge in [-0.05, 0) is 6.42 Å². The summed E-state index contributed by atoms with van der Waals surface area (Å²) in [5.74, 6) is -0.354. The van der Waals surface area contributed by atoms with Gasteiger partial charge in [-0.2, -0.15) is 0 Å². The first-order valence-corrected chi connectivity index (χ1v) is 6.02. The number of esters is 1. The van der Waals surface area contributed by atoms with E-state index in [-0.39, 0.29) is 5.97 Å². The molecule has 0 aromatic rings. The molecule has 2 saturated heterocycles. The van der Waals surface area contributed by atoms with E-state index in [4.69, 9.17) is 14.2 Å². The molecular formula is C12H19NO4. The predicted molar refractivity (Wildman–Crippen MR) is 61.7 cm³/mol. The van der Waals surface area contributed by atoms with Crippen LogP contribution < -0.4 is 0 Å². The Bertz CT molecular complexity index is 260. The summed E-state index contributed by atoms with van der Waals surface area (Å²) in [6.45, 7) is 8.35. The van der Waals surface area contributed by atoms with Crippen LogP contribution in [0.2, 0.25) is 0 Å². The van der Waals surface area contributed by atoms with Gasteiger partial charge in [0.05, 0.1) is 32.0 Å². The maximum Gasteiger partial charge on any atom is 0.330 e. The first-order valence-electron chi connectivity index (χ1n) is 6.02. The van der Waals surface area contributed by atoms with Crippen molar-refractivity contribution in [2.24, 2.45) is 0 Å². The lowest BCUT2D eigenvalue weighted by molar-refractivity contribution is -0.137. The molecule has 5 nitrogen and oxygen atoms in total. The second-order valence-electron chi connectivity index (χ2n) is 4.40. The normalized spacial score (nSPS) is 25.7. The molecule has 2 unspecified atom stereocenters.